The molecule has 2 aliphatic rings. The number of carbonyl (C=O) groups excluding carboxylic acids is 2. The normalized spacial score (nSPS) is 18.4. The first-order valence-electron chi connectivity index (χ1n) is 15.2. The minimum absolute atomic E-state index is 0.0233. The van der Waals surface area contributed by atoms with Crippen molar-refractivity contribution in [3.05, 3.63) is 59.9 Å². The van der Waals surface area contributed by atoms with Gasteiger partial charge in [0.15, 0.2) is 11.9 Å². The van der Waals surface area contributed by atoms with Crippen molar-refractivity contribution in [1.29, 1.82) is 5.26 Å². The van der Waals surface area contributed by atoms with Gasteiger partial charge >= 0.3 is 12.0 Å². The number of amides is 2. The summed E-state index contributed by atoms with van der Waals surface area (Å²) in [5.74, 6) is -2.75. The quantitative estimate of drug-likeness (QED) is 0.352. The predicted octanol–water partition coefficient (Wildman–Crippen LogP) is 5.90. The predicted molar refractivity (Wildman–Crippen MR) is 166 cm³/mol. The third-order valence-corrected chi connectivity index (χ3v) is 7.96. The Balaban J connectivity index is 1.21. The van der Waals surface area contributed by atoms with Gasteiger partial charge in [0.05, 0.1) is 12.1 Å². The maximum atomic E-state index is 14.7. The molecule has 242 valence electrons. The zero-order chi connectivity index (χ0) is 33.1. The number of hydrogen-bond acceptors (Lipinski definition) is 9. The second-order valence-corrected chi connectivity index (χ2v) is 12.5. The molecule has 0 bridgehead atoms. The number of benzene rings is 2. The van der Waals surface area contributed by atoms with Gasteiger partial charge in [0.1, 0.15) is 23.7 Å². The molecule has 1 aromatic heterocycles. The number of aromatic nitrogens is 3. The number of ether oxygens (including phenoxy) is 2. The first kappa shape index (κ1) is 32.5. The monoisotopic (exact) mass is 633 g/mol. The van der Waals surface area contributed by atoms with Crippen molar-refractivity contribution >= 4 is 23.6 Å². The molecule has 3 aromatic rings. The minimum atomic E-state index is -3.26. The number of nitriles is 1. The average molecular weight is 634 g/mol. The Morgan fingerprint density at radius 2 is 1.72 bits per heavy atom. The molecule has 3 heterocycles. The van der Waals surface area contributed by atoms with Gasteiger partial charge in [-0.1, -0.05) is 12.1 Å². The van der Waals surface area contributed by atoms with Crippen LogP contribution < -0.4 is 10.1 Å². The zero-order valence-corrected chi connectivity index (χ0v) is 26.3. The van der Waals surface area contributed by atoms with Gasteiger partial charge < -0.3 is 24.6 Å². The highest BCUT2D eigenvalue weighted by Gasteiger charge is 2.47. The van der Waals surface area contributed by atoms with E-state index in [2.05, 4.69) is 20.3 Å². The number of anilines is 2. The third kappa shape index (κ3) is 7.85. The van der Waals surface area contributed by atoms with Crippen molar-refractivity contribution < 1.29 is 27.8 Å². The molecule has 2 fully saturated rings. The number of nitrogens with zero attached hydrogens (tertiary/aromatic N) is 6. The van der Waals surface area contributed by atoms with Gasteiger partial charge in [0.2, 0.25) is 11.9 Å². The highest BCUT2D eigenvalue weighted by Crippen LogP contribution is 2.34. The van der Waals surface area contributed by atoms with Crippen molar-refractivity contribution in [2.75, 3.05) is 31.5 Å². The number of hydrogen-bond donors (Lipinski definition) is 1. The summed E-state index contributed by atoms with van der Waals surface area (Å²) < 4.78 is 40.5. The fourth-order valence-electron chi connectivity index (χ4n) is 5.53. The summed E-state index contributed by atoms with van der Waals surface area (Å²) in [7, 11) is 0. The van der Waals surface area contributed by atoms with Gasteiger partial charge in [-0.15, -0.1) is 0 Å². The second kappa shape index (κ2) is 13.2. The van der Waals surface area contributed by atoms with Crippen LogP contribution >= 0.6 is 0 Å². The molecular weight excluding hydrogens is 596 g/mol. The lowest BCUT2D eigenvalue weighted by Gasteiger charge is -2.37. The van der Waals surface area contributed by atoms with Crippen LogP contribution in [0.3, 0.4) is 0 Å². The summed E-state index contributed by atoms with van der Waals surface area (Å²) in [5.41, 5.74) is 1.98. The summed E-state index contributed by atoms with van der Waals surface area (Å²) in [6.45, 7) is 7.54. The molecule has 13 heteroatoms. The van der Waals surface area contributed by atoms with E-state index in [9.17, 15) is 23.6 Å². The van der Waals surface area contributed by atoms with E-state index in [0.29, 0.717) is 30.5 Å². The minimum Gasteiger partial charge on any atom is -0.483 e. The first-order chi connectivity index (χ1) is 21.8. The van der Waals surface area contributed by atoms with E-state index >= 15 is 0 Å². The van der Waals surface area contributed by atoms with Crippen LogP contribution in [-0.4, -0.2) is 80.6 Å². The van der Waals surface area contributed by atoms with E-state index in [4.69, 9.17) is 9.47 Å². The van der Waals surface area contributed by atoms with E-state index in [1.165, 1.54) is 30.9 Å². The highest BCUT2D eigenvalue weighted by molar-refractivity contribution is 5.73. The van der Waals surface area contributed by atoms with Gasteiger partial charge in [-0.3, -0.25) is 4.79 Å². The van der Waals surface area contributed by atoms with Gasteiger partial charge in [0, 0.05) is 44.2 Å². The van der Waals surface area contributed by atoms with Gasteiger partial charge in [-0.25, -0.2) is 23.5 Å². The standard InChI is InChI=1S/C33H37F2N7O4/c1-21(43)42-16-13-28(33(34,35)19-42)45-27-10-7-24(17-25(27)18-36)29-37-20-38-30(40-29)39-26-8-5-22(6-9-26)23-11-14-41(15-12-23)31(44)46-32(2,3)4/h5-10,17,20,23,28H,11-16,19H2,1-4H3,(H,37,38,39,40). The van der Waals surface area contributed by atoms with E-state index in [1.807, 2.05) is 51.1 Å². The largest absolute Gasteiger partial charge is 0.483 e. The Hall–Kier alpha value is -4.86. The summed E-state index contributed by atoms with van der Waals surface area (Å²) >= 11 is 0. The van der Waals surface area contributed by atoms with E-state index in [-0.39, 0.29) is 36.2 Å². The zero-order valence-electron chi connectivity index (χ0n) is 26.3. The van der Waals surface area contributed by atoms with Crippen molar-refractivity contribution in [2.24, 2.45) is 0 Å². The molecule has 1 atom stereocenters. The van der Waals surface area contributed by atoms with E-state index < -0.39 is 30.1 Å². The molecule has 1 unspecified atom stereocenters. The molecule has 0 saturated carbocycles. The smallest absolute Gasteiger partial charge is 0.410 e. The number of likely N-dealkylation sites (tertiary alicyclic amines) is 2. The molecule has 0 aliphatic carbocycles. The van der Waals surface area contributed by atoms with Crippen LogP contribution in [0.5, 0.6) is 5.75 Å². The van der Waals surface area contributed by atoms with E-state index in [0.717, 1.165) is 23.4 Å². The summed E-state index contributed by atoms with van der Waals surface area (Å²) in [4.78, 5) is 39.7. The molecule has 5 rings (SSSR count). The summed E-state index contributed by atoms with van der Waals surface area (Å²) in [6, 6.07) is 14.5. The number of rotatable bonds is 6. The van der Waals surface area contributed by atoms with Crippen LogP contribution in [0.1, 0.15) is 64.0 Å². The number of halogens is 2. The van der Waals surface area contributed by atoms with Crippen molar-refractivity contribution in [2.45, 2.75) is 70.5 Å². The fraction of sp³-hybridized carbons (Fsp3) is 0.455. The van der Waals surface area contributed by atoms with Gasteiger partial charge in [-0.2, -0.15) is 10.2 Å². The molecule has 46 heavy (non-hydrogen) atoms. The summed E-state index contributed by atoms with van der Waals surface area (Å²) in [6.07, 6.45) is 1.23. The maximum Gasteiger partial charge on any atom is 0.410 e. The van der Waals surface area contributed by atoms with Crippen LogP contribution in [0.4, 0.5) is 25.2 Å². The molecule has 2 aromatic carbocycles. The third-order valence-electron chi connectivity index (χ3n) is 7.96. The van der Waals surface area contributed by atoms with E-state index in [1.54, 1.807) is 11.0 Å². The molecule has 1 N–H and O–H groups in total. The molecular formula is C33H37F2N7O4. The topological polar surface area (TPSA) is 134 Å². The number of alkyl halides is 2. The van der Waals surface area contributed by atoms with Crippen molar-refractivity contribution in [3.8, 4) is 23.2 Å². The maximum absolute atomic E-state index is 14.7. The first-order valence-corrected chi connectivity index (χ1v) is 15.2. The van der Waals surface area contributed by atoms with Crippen LogP contribution in [-0.2, 0) is 9.53 Å². The molecule has 2 amide bonds. The lowest BCUT2D eigenvalue weighted by molar-refractivity contribution is -0.158. The summed E-state index contributed by atoms with van der Waals surface area (Å²) in [5, 5.41) is 12.9. The molecule has 11 nitrogen and oxygen atoms in total. The fourth-order valence-corrected chi connectivity index (χ4v) is 5.53. The average Bonchev–Trinajstić information content (AvgIpc) is 3.01. The molecule has 0 radical (unpaired) electrons. The SMILES string of the molecule is CC(=O)N1CCC(Oc2ccc(-c3ncnc(Nc4ccc(C5CCN(C(=O)OC(C)(C)C)CC5)cc4)n3)cc2C#N)C(F)(F)C1. The van der Waals surface area contributed by atoms with Crippen molar-refractivity contribution in [3.63, 3.8) is 0 Å². The Morgan fingerprint density at radius 3 is 2.35 bits per heavy atom. The number of carbonyl (C=O) groups is 2. The Morgan fingerprint density at radius 1 is 1.02 bits per heavy atom. The van der Waals surface area contributed by atoms with Crippen molar-refractivity contribution in [1.82, 2.24) is 24.8 Å². The van der Waals surface area contributed by atoms with Crippen LogP contribution in [0.2, 0.25) is 0 Å². The van der Waals surface area contributed by atoms with Gasteiger partial charge in [-0.05, 0) is 75.4 Å². The molecule has 2 aliphatic heterocycles. The van der Waals surface area contributed by atoms with Gasteiger partial charge in [0.25, 0.3) is 0 Å². The molecule has 0 spiro atoms. The Bertz CT molecular complexity index is 1610. The highest BCUT2D eigenvalue weighted by atomic mass is 19.3. The van der Waals surface area contributed by atoms with Crippen LogP contribution in [0.15, 0.2) is 48.8 Å². The Kier molecular flexibility index (Phi) is 9.37. The number of nitrogens with one attached hydrogen (secondary N) is 1. The molecule has 2 saturated heterocycles. The second-order valence-electron chi connectivity index (χ2n) is 12.5. The Labute approximate surface area is 266 Å². The lowest BCUT2D eigenvalue weighted by Crippen LogP contribution is -2.54. The van der Waals surface area contributed by atoms with Crippen LogP contribution in [0, 0.1) is 11.3 Å². The lowest BCUT2D eigenvalue weighted by atomic mass is 9.89. The number of piperidine rings is 2. The van der Waals surface area contributed by atoms with Crippen LogP contribution in [0.25, 0.3) is 11.4 Å².